The molecule has 1 heterocycles. The molecule has 0 amide bonds. The van der Waals surface area contributed by atoms with Crippen LogP contribution in [0.5, 0.6) is 0 Å². The molecule has 0 aliphatic carbocycles. The SMILES string of the molecule is CS(=O)c1nncn1CCCS(=O)(=O)[O-].[K+]. The Labute approximate surface area is 139 Å². The Morgan fingerprint density at radius 1 is 1.56 bits per heavy atom. The average Bonchev–Trinajstić information content (AvgIpc) is 2.49. The Kier molecular flexibility index (Phi) is 7.69. The summed E-state index contributed by atoms with van der Waals surface area (Å²) >= 11 is 0. The minimum atomic E-state index is -4.19. The summed E-state index contributed by atoms with van der Waals surface area (Å²) in [7, 11) is -5.46. The van der Waals surface area contributed by atoms with Gasteiger partial charge in [0.2, 0.25) is 5.16 Å². The van der Waals surface area contributed by atoms with E-state index in [4.69, 9.17) is 0 Å². The summed E-state index contributed by atoms with van der Waals surface area (Å²) in [5.41, 5.74) is 0. The Hall–Kier alpha value is 0.836. The van der Waals surface area contributed by atoms with E-state index in [0.29, 0.717) is 0 Å². The van der Waals surface area contributed by atoms with Crippen molar-refractivity contribution in [2.45, 2.75) is 18.1 Å². The number of rotatable bonds is 5. The van der Waals surface area contributed by atoms with Gasteiger partial charge in [0.25, 0.3) is 0 Å². The maximum atomic E-state index is 11.1. The normalized spacial score (nSPS) is 13.1. The molecule has 1 aromatic rings. The summed E-state index contributed by atoms with van der Waals surface area (Å²) < 4.78 is 43.5. The number of hydrogen-bond donors (Lipinski definition) is 0. The van der Waals surface area contributed by atoms with E-state index in [9.17, 15) is 17.2 Å². The van der Waals surface area contributed by atoms with Crippen LogP contribution >= 0.6 is 0 Å². The molecule has 0 N–H and O–H groups in total. The van der Waals surface area contributed by atoms with Crippen molar-refractivity contribution < 1.29 is 68.6 Å². The molecule has 1 atom stereocenters. The Morgan fingerprint density at radius 3 is 2.69 bits per heavy atom. The molecule has 0 aromatic carbocycles. The molecule has 1 unspecified atom stereocenters. The number of hydrogen-bond acceptors (Lipinski definition) is 6. The molecule has 16 heavy (non-hydrogen) atoms. The second kappa shape index (κ2) is 7.31. The van der Waals surface area contributed by atoms with Gasteiger partial charge in [0, 0.05) is 18.6 Å². The van der Waals surface area contributed by atoms with Crippen LogP contribution in [0.4, 0.5) is 0 Å². The summed E-state index contributed by atoms with van der Waals surface area (Å²) in [5.74, 6) is -0.443. The Morgan fingerprint density at radius 2 is 2.19 bits per heavy atom. The molecule has 0 aliphatic heterocycles. The first-order valence-corrected chi connectivity index (χ1v) is 7.18. The summed E-state index contributed by atoms with van der Waals surface area (Å²) in [6.45, 7) is 0.267. The van der Waals surface area contributed by atoms with Gasteiger partial charge in [0.05, 0.1) is 20.9 Å². The fourth-order valence-corrected chi connectivity index (χ4v) is 2.15. The minimum Gasteiger partial charge on any atom is -0.748 e. The van der Waals surface area contributed by atoms with E-state index in [1.165, 1.54) is 17.2 Å². The first-order valence-electron chi connectivity index (χ1n) is 4.05. The summed E-state index contributed by atoms with van der Waals surface area (Å²) in [6.07, 6.45) is 2.97. The zero-order valence-corrected chi connectivity index (χ0v) is 13.7. The second-order valence-electron chi connectivity index (χ2n) is 2.88. The number of aryl methyl sites for hydroxylation is 1. The zero-order chi connectivity index (χ0) is 11.5. The van der Waals surface area contributed by atoms with Crippen molar-refractivity contribution in [3.05, 3.63) is 6.33 Å². The topological polar surface area (TPSA) is 105 Å². The van der Waals surface area contributed by atoms with Gasteiger partial charge in [-0.1, -0.05) is 0 Å². The fraction of sp³-hybridized carbons (Fsp3) is 0.667. The third-order valence-electron chi connectivity index (χ3n) is 1.63. The molecule has 0 saturated heterocycles. The van der Waals surface area contributed by atoms with Crippen molar-refractivity contribution in [1.82, 2.24) is 14.8 Å². The van der Waals surface area contributed by atoms with Crippen LogP contribution in [0, 0.1) is 0 Å². The summed E-state index contributed by atoms with van der Waals surface area (Å²) in [6, 6.07) is 0. The van der Waals surface area contributed by atoms with Gasteiger partial charge in [0.15, 0.2) is 0 Å². The van der Waals surface area contributed by atoms with Gasteiger partial charge >= 0.3 is 51.4 Å². The summed E-state index contributed by atoms with van der Waals surface area (Å²) in [4.78, 5) is 0. The van der Waals surface area contributed by atoms with Crippen LogP contribution in [0.1, 0.15) is 6.42 Å². The molecular weight excluding hydrogens is 281 g/mol. The molecule has 0 radical (unpaired) electrons. The van der Waals surface area contributed by atoms with E-state index in [2.05, 4.69) is 10.2 Å². The van der Waals surface area contributed by atoms with Gasteiger partial charge in [0.1, 0.15) is 6.33 Å². The van der Waals surface area contributed by atoms with E-state index in [0.717, 1.165) is 0 Å². The van der Waals surface area contributed by atoms with Crippen LogP contribution in [0.2, 0.25) is 0 Å². The van der Waals surface area contributed by atoms with E-state index in [1.807, 2.05) is 0 Å². The minimum absolute atomic E-state index is 0. The van der Waals surface area contributed by atoms with Crippen molar-refractivity contribution in [2.24, 2.45) is 0 Å². The Bertz CT molecular complexity index is 458. The molecule has 0 fully saturated rings. The van der Waals surface area contributed by atoms with E-state index < -0.39 is 26.7 Å². The van der Waals surface area contributed by atoms with Crippen molar-refractivity contribution in [3.63, 3.8) is 0 Å². The van der Waals surface area contributed by atoms with Crippen LogP contribution in [0.25, 0.3) is 0 Å². The molecule has 0 aliphatic rings. The molecular formula is C6H10KN3O4S2. The fourth-order valence-electron chi connectivity index (χ4n) is 1.03. The van der Waals surface area contributed by atoms with Crippen LogP contribution in [-0.4, -0.2) is 44.0 Å². The number of nitrogens with zero attached hydrogens (tertiary/aromatic N) is 3. The molecule has 86 valence electrons. The zero-order valence-electron chi connectivity index (χ0n) is 8.99. The standard InChI is InChI=1S/C6H11N3O4S2.K/c1-14(10)6-8-7-5-9(6)3-2-4-15(11,12)13;/h5H,2-4H2,1H3,(H,11,12,13);/q;+1/p-1. The average molecular weight is 291 g/mol. The van der Waals surface area contributed by atoms with Gasteiger partial charge in [-0.3, -0.25) is 4.21 Å². The predicted octanol–water partition coefficient (Wildman–Crippen LogP) is -4.05. The monoisotopic (exact) mass is 291 g/mol. The van der Waals surface area contributed by atoms with Crippen molar-refractivity contribution in [1.29, 1.82) is 0 Å². The van der Waals surface area contributed by atoms with Crippen molar-refractivity contribution >= 4 is 20.9 Å². The van der Waals surface area contributed by atoms with Crippen LogP contribution in [0.3, 0.4) is 0 Å². The van der Waals surface area contributed by atoms with Gasteiger partial charge in [-0.2, -0.15) is 0 Å². The van der Waals surface area contributed by atoms with Crippen molar-refractivity contribution in [3.8, 4) is 0 Å². The van der Waals surface area contributed by atoms with Crippen molar-refractivity contribution in [2.75, 3.05) is 12.0 Å². The van der Waals surface area contributed by atoms with Gasteiger partial charge in [-0.05, 0) is 6.42 Å². The largest absolute Gasteiger partial charge is 1.00 e. The Balaban J connectivity index is 0.00000225. The molecule has 1 aromatic heterocycles. The molecule has 1 rings (SSSR count). The third kappa shape index (κ3) is 5.96. The maximum Gasteiger partial charge on any atom is 1.00 e. The van der Waals surface area contributed by atoms with E-state index in [1.54, 1.807) is 0 Å². The smallest absolute Gasteiger partial charge is 0.748 e. The maximum absolute atomic E-state index is 11.1. The molecule has 7 nitrogen and oxygen atoms in total. The molecule has 0 bridgehead atoms. The molecule has 0 saturated carbocycles. The first kappa shape index (κ1) is 16.8. The first-order chi connectivity index (χ1) is 6.90. The predicted molar refractivity (Wildman–Crippen MR) is 51.5 cm³/mol. The van der Waals surface area contributed by atoms with Gasteiger partial charge < -0.3 is 9.12 Å². The molecule has 0 spiro atoms. The van der Waals surface area contributed by atoms with Crippen LogP contribution in [-0.2, 0) is 27.5 Å². The van der Waals surface area contributed by atoms with Crippen LogP contribution < -0.4 is 51.4 Å². The molecule has 10 heteroatoms. The summed E-state index contributed by atoms with van der Waals surface area (Å²) in [5, 5.41) is 7.44. The van der Waals surface area contributed by atoms with Gasteiger partial charge in [-0.25, -0.2) is 8.42 Å². The van der Waals surface area contributed by atoms with E-state index >= 15 is 0 Å². The van der Waals surface area contributed by atoms with Crippen LogP contribution in [0.15, 0.2) is 11.5 Å². The van der Waals surface area contributed by atoms with E-state index in [-0.39, 0.29) is 69.5 Å². The third-order valence-corrected chi connectivity index (χ3v) is 3.25. The number of aromatic nitrogens is 3. The quantitative estimate of drug-likeness (QED) is 0.404. The second-order valence-corrected chi connectivity index (χ2v) is 5.67. The van der Waals surface area contributed by atoms with Gasteiger partial charge in [-0.15, -0.1) is 10.2 Å².